The van der Waals surface area contributed by atoms with Gasteiger partial charge in [-0.25, -0.2) is 0 Å². The van der Waals surface area contributed by atoms with E-state index >= 15 is 0 Å². The van der Waals surface area contributed by atoms with Gasteiger partial charge >= 0.3 is 5.97 Å². The zero-order valence-corrected chi connectivity index (χ0v) is 63.3. The Bertz CT molecular complexity index is 1360. The van der Waals surface area contributed by atoms with E-state index in [0.29, 0.717) is 25.9 Å². The smallest absolute Gasteiger partial charge is 0.305 e. The van der Waals surface area contributed by atoms with Gasteiger partial charge in [-0.1, -0.05) is 476 Å². The normalized spacial score (nSPS) is 12.3. The number of hydrogen-bond acceptors (Lipinski definition) is 5. The Morgan fingerprint density at radius 3 is 0.663 bits per heavy atom. The van der Waals surface area contributed by atoms with Crippen molar-refractivity contribution in [1.29, 1.82) is 0 Å². The number of carbonyl (C=O) groups excluding carboxylic acids is 2. The van der Waals surface area contributed by atoms with Crippen LogP contribution >= 0.6 is 0 Å². The first-order valence-corrected chi connectivity index (χ1v) is 43.3. The predicted molar refractivity (Wildman–Crippen MR) is 407 cm³/mol. The average Bonchev–Trinajstić information content (AvgIpc) is 3.48. The van der Waals surface area contributed by atoms with Crippen molar-refractivity contribution in [3.63, 3.8) is 0 Å². The number of nitrogens with one attached hydrogen (secondary N) is 1. The molecular weight excluding hydrogens is 1130 g/mol. The number of esters is 1. The van der Waals surface area contributed by atoms with Crippen molar-refractivity contribution < 1.29 is 24.5 Å². The molecule has 0 aliphatic rings. The molecule has 1 amide bonds. The Labute approximate surface area is 578 Å². The highest BCUT2D eigenvalue weighted by Gasteiger charge is 2.20. The first-order chi connectivity index (χ1) is 45.5. The Morgan fingerprint density at radius 2 is 0.446 bits per heavy atom. The molecule has 0 rings (SSSR count). The number of amides is 1. The van der Waals surface area contributed by atoms with E-state index in [9.17, 15) is 19.8 Å². The molecule has 0 saturated carbocycles. The standard InChI is InChI=1S/C86H171NO5/c1-3-5-7-9-11-13-15-17-19-21-23-24-36-39-43-46-50-54-58-62-66-70-74-78-84(89)83(82-88)87-85(90)79-75-71-67-63-59-55-51-47-44-40-37-34-32-30-28-26-25-27-29-31-33-35-38-41-45-49-53-57-61-65-69-73-77-81-92-86(91)80-76-72-68-64-60-56-52-48-42-22-20-18-16-14-12-10-8-6-4-2/h83-84,88-89H,3-82H2,1-2H3,(H,87,90). The zero-order valence-electron chi connectivity index (χ0n) is 63.3. The van der Waals surface area contributed by atoms with Gasteiger partial charge in [-0.2, -0.15) is 0 Å². The largest absolute Gasteiger partial charge is 0.466 e. The van der Waals surface area contributed by atoms with E-state index in [4.69, 9.17) is 4.74 Å². The van der Waals surface area contributed by atoms with Gasteiger partial charge in [0.2, 0.25) is 5.91 Å². The fourth-order valence-electron chi connectivity index (χ4n) is 14.4. The molecule has 2 atom stereocenters. The highest BCUT2D eigenvalue weighted by molar-refractivity contribution is 5.76. The van der Waals surface area contributed by atoms with Crippen LogP contribution in [0.5, 0.6) is 0 Å². The molecule has 550 valence electrons. The summed E-state index contributed by atoms with van der Waals surface area (Å²) in [5.41, 5.74) is 0. The molecule has 0 aliphatic heterocycles. The summed E-state index contributed by atoms with van der Waals surface area (Å²) in [6, 6.07) is -0.538. The van der Waals surface area contributed by atoms with Crippen molar-refractivity contribution in [2.45, 2.75) is 527 Å². The maximum atomic E-state index is 12.6. The molecule has 0 aliphatic carbocycles. The topological polar surface area (TPSA) is 95.9 Å². The minimum atomic E-state index is -0.662. The molecule has 0 aromatic heterocycles. The fraction of sp³-hybridized carbons (Fsp3) is 0.977. The number of aliphatic hydroxyl groups excluding tert-OH is 2. The van der Waals surface area contributed by atoms with Gasteiger partial charge in [-0.15, -0.1) is 0 Å². The zero-order chi connectivity index (χ0) is 66.3. The van der Waals surface area contributed by atoms with Gasteiger partial charge < -0.3 is 20.3 Å². The molecule has 0 aromatic rings. The first-order valence-electron chi connectivity index (χ1n) is 43.3. The maximum Gasteiger partial charge on any atom is 0.305 e. The number of rotatable bonds is 83. The third kappa shape index (κ3) is 77.9. The van der Waals surface area contributed by atoms with Crippen LogP contribution < -0.4 is 5.32 Å². The number of hydrogen-bond donors (Lipinski definition) is 3. The van der Waals surface area contributed by atoms with Crippen LogP contribution in [0, 0.1) is 0 Å². The van der Waals surface area contributed by atoms with Gasteiger partial charge in [0.1, 0.15) is 0 Å². The minimum Gasteiger partial charge on any atom is -0.466 e. The van der Waals surface area contributed by atoms with Crippen LogP contribution in [0.3, 0.4) is 0 Å². The molecule has 0 aromatic carbocycles. The monoisotopic (exact) mass is 1300 g/mol. The van der Waals surface area contributed by atoms with Gasteiger partial charge in [0.15, 0.2) is 0 Å². The highest BCUT2D eigenvalue weighted by Crippen LogP contribution is 2.21. The van der Waals surface area contributed by atoms with Crippen LogP contribution in [0.15, 0.2) is 0 Å². The minimum absolute atomic E-state index is 0.0233. The molecule has 0 saturated heterocycles. The second-order valence-corrected chi connectivity index (χ2v) is 30.2. The maximum absolute atomic E-state index is 12.6. The summed E-state index contributed by atoms with van der Waals surface area (Å²) in [4.78, 5) is 24.7. The third-order valence-electron chi connectivity index (χ3n) is 20.9. The molecular formula is C86H171NO5. The molecule has 0 heterocycles. The summed E-state index contributed by atoms with van der Waals surface area (Å²) in [5, 5.41) is 23.5. The van der Waals surface area contributed by atoms with Crippen molar-refractivity contribution in [1.82, 2.24) is 5.32 Å². The number of aliphatic hydroxyl groups is 2. The second kappa shape index (κ2) is 82.3. The molecule has 0 spiro atoms. The van der Waals surface area contributed by atoms with E-state index in [0.717, 1.165) is 38.5 Å². The van der Waals surface area contributed by atoms with Gasteiger partial charge in [-0.3, -0.25) is 9.59 Å². The van der Waals surface area contributed by atoms with E-state index in [1.807, 2.05) is 0 Å². The predicted octanol–water partition coefficient (Wildman–Crippen LogP) is 28.8. The first kappa shape index (κ1) is 90.9. The van der Waals surface area contributed by atoms with Gasteiger partial charge in [-0.05, 0) is 25.7 Å². The Hall–Kier alpha value is -1.14. The highest BCUT2D eigenvalue weighted by atomic mass is 16.5. The van der Waals surface area contributed by atoms with Gasteiger partial charge in [0.05, 0.1) is 25.4 Å². The van der Waals surface area contributed by atoms with Gasteiger partial charge in [0.25, 0.3) is 0 Å². The third-order valence-corrected chi connectivity index (χ3v) is 20.9. The summed E-state index contributed by atoms with van der Waals surface area (Å²) in [5.74, 6) is 0.00509. The number of carbonyl (C=O) groups is 2. The Morgan fingerprint density at radius 1 is 0.261 bits per heavy atom. The van der Waals surface area contributed by atoms with Crippen LogP contribution in [0.2, 0.25) is 0 Å². The second-order valence-electron chi connectivity index (χ2n) is 30.2. The van der Waals surface area contributed by atoms with Crippen molar-refractivity contribution in [3.8, 4) is 0 Å². The van der Waals surface area contributed by atoms with E-state index in [2.05, 4.69) is 19.2 Å². The number of ether oxygens (including phenoxy) is 1. The SMILES string of the molecule is CCCCCCCCCCCCCCCCCCCCCCCCCC(O)C(CO)NC(=O)CCCCCCCCCCCCCCCCCCCCCCCCCCCCCCCCCCCOC(=O)CCCCCCCCCCCCCCCCCCCCC. The Kier molecular flexibility index (Phi) is 81.3. The molecule has 6 heteroatoms. The van der Waals surface area contributed by atoms with Crippen molar-refractivity contribution in [3.05, 3.63) is 0 Å². The van der Waals surface area contributed by atoms with Gasteiger partial charge in [0, 0.05) is 12.8 Å². The van der Waals surface area contributed by atoms with Crippen LogP contribution in [-0.4, -0.2) is 47.4 Å². The van der Waals surface area contributed by atoms with Crippen LogP contribution in [0.4, 0.5) is 0 Å². The van der Waals surface area contributed by atoms with Crippen LogP contribution in [0.25, 0.3) is 0 Å². The van der Waals surface area contributed by atoms with Crippen molar-refractivity contribution in [2.24, 2.45) is 0 Å². The summed E-state index contributed by atoms with van der Waals surface area (Å²) in [6.07, 6.45) is 104. The lowest BCUT2D eigenvalue weighted by Gasteiger charge is -2.22. The summed E-state index contributed by atoms with van der Waals surface area (Å²) < 4.78 is 5.53. The lowest BCUT2D eigenvalue weighted by molar-refractivity contribution is -0.143. The molecule has 0 radical (unpaired) electrons. The summed E-state index contributed by atoms with van der Waals surface area (Å²) >= 11 is 0. The van der Waals surface area contributed by atoms with E-state index in [1.165, 1.54) is 443 Å². The molecule has 92 heavy (non-hydrogen) atoms. The van der Waals surface area contributed by atoms with E-state index < -0.39 is 12.1 Å². The lowest BCUT2D eigenvalue weighted by Crippen LogP contribution is -2.45. The van der Waals surface area contributed by atoms with E-state index in [-0.39, 0.29) is 18.5 Å². The van der Waals surface area contributed by atoms with Crippen LogP contribution in [0.1, 0.15) is 515 Å². The van der Waals surface area contributed by atoms with E-state index in [1.54, 1.807) is 0 Å². The van der Waals surface area contributed by atoms with Crippen molar-refractivity contribution >= 4 is 11.9 Å². The molecule has 2 unspecified atom stereocenters. The lowest BCUT2D eigenvalue weighted by atomic mass is 10.0. The molecule has 3 N–H and O–H groups in total. The molecule has 0 fully saturated rings. The van der Waals surface area contributed by atoms with Crippen molar-refractivity contribution in [2.75, 3.05) is 13.2 Å². The average molecular weight is 1300 g/mol. The number of unbranched alkanes of at least 4 members (excludes halogenated alkanes) is 72. The summed E-state index contributed by atoms with van der Waals surface area (Å²) in [6.45, 7) is 5.03. The fourth-order valence-corrected chi connectivity index (χ4v) is 14.4. The van der Waals surface area contributed by atoms with Crippen LogP contribution in [-0.2, 0) is 14.3 Å². The quantitative estimate of drug-likeness (QED) is 0.0417. The molecule has 0 bridgehead atoms. The Balaban J connectivity index is 3.30. The molecule has 6 nitrogen and oxygen atoms in total. The summed E-state index contributed by atoms with van der Waals surface area (Å²) in [7, 11) is 0.